The number of piperidine rings is 1. The molecular weight excluding hydrogens is 423 g/mol. The second kappa shape index (κ2) is 8.77. The van der Waals surface area contributed by atoms with Gasteiger partial charge in [-0.3, -0.25) is 4.79 Å². The zero-order valence-corrected chi connectivity index (χ0v) is 17.1. The van der Waals surface area contributed by atoms with Crippen molar-refractivity contribution in [1.82, 2.24) is 25.3 Å². The number of nitrogens with one attached hydrogen (secondary N) is 3. The lowest BCUT2D eigenvalue weighted by Gasteiger charge is -2.23. The Kier molecular flexibility index (Phi) is 5.89. The first kappa shape index (κ1) is 21.5. The Morgan fingerprint density at radius 1 is 1.06 bits per heavy atom. The number of aromatic nitrogens is 4. The molecule has 1 amide bonds. The predicted octanol–water partition coefficient (Wildman–Crippen LogP) is 3.69. The van der Waals surface area contributed by atoms with E-state index in [4.69, 9.17) is 0 Å². The minimum absolute atomic E-state index is 0.0405. The normalized spacial score (nSPS) is 16.4. The Hall–Kier alpha value is -3.76. The summed E-state index contributed by atoms with van der Waals surface area (Å²) in [6.45, 7) is 2.39. The summed E-state index contributed by atoms with van der Waals surface area (Å²) in [5.41, 5.74) is 1.94. The van der Waals surface area contributed by atoms with E-state index in [0.29, 0.717) is 31.0 Å². The minimum Gasteiger partial charge on any atom is -0.354 e. The van der Waals surface area contributed by atoms with E-state index in [0.717, 1.165) is 29.0 Å². The Morgan fingerprint density at radius 3 is 2.53 bits per heavy atom. The molecule has 3 aromatic rings. The molecule has 166 valence electrons. The summed E-state index contributed by atoms with van der Waals surface area (Å²) in [6, 6.07) is 6.35. The SMILES string of the molecule is Cc1cc(Nc2nccc(C(F)(F)F)n2)cc(-c2cnc(N[C@H]3CCC(=O)NC3)nc2)c1. The van der Waals surface area contributed by atoms with E-state index >= 15 is 0 Å². The first-order valence-electron chi connectivity index (χ1n) is 9.91. The number of amides is 1. The molecule has 3 heterocycles. The largest absolute Gasteiger partial charge is 0.433 e. The lowest BCUT2D eigenvalue weighted by Crippen LogP contribution is -2.42. The number of benzene rings is 1. The van der Waals surface area contributed by atoms with E-state index in [9.17, 15) is 18.0 Å². The summed E-state index contributed by atoms with van der Waals surface area (Å²) in [5.74, 6) is 0.351. The molecule has 1 atom stereocenters. The standard InChI is InChI=1S/C21H20F3N7O/c1-12-6-13(8-16(7-12)30-20-25-5-4-17(31-20)21(22,23)24)14-9-27-19(28-10-14)29-15-2-3-18(32)26-11-15/h4-10,15H,2-3,11H2,1H3,(H,26,32)(H,25,30,31)(H,27,28,29)/t15-/m0/s1. The van der Waals surface area contributed by atoms with Crippen LogP contribution in [0.25, 0.3) is 11.1 Å². The predicted molar refractivity (Wildman–Crippen MR) is 112 cm³/mol. The molecule has 1 fully saturated rings. The molecule has 0 radical (unpaired) electrons. The summed E-state index contributed by atoms with van der Waals surface area (Å²) in [7, 11) is 0. The number of carbonyl (C=O) groups excluding carboxylic acids is 1. The Bertz CT molecular complexity index is 1110. The van der Waals surface area contributed by atoms with Crippen LogP contribution in [0.15, 0.2) is 42.9 Å². The number of hydrogen-bond donors (Lipinski definition) is 3. The van der Waals surface area contributed by atoms with Crippen LogP contribution in [-0.4, -0.2) is 38.4 Å². The summed E-state index contributed by atoms with van der Waals surface area (Å²) in [4.78, 5) is 27.4. The van der Waals surface area contributed by atoms with Crippen LogP contribution in [0.1, 0.15) is 24.1 Å². The van der Waals surface area contributed by atoms with Crippen LogP contribution in [0, 0.1) is 6.92 Å². The van der Waals surface area contributed by atoms with Crippen molar-refractivity contribution in [1.29, 1.82) is 0 Å². The van der Waals surface area contributed by atoms with Gasteiger partial charge in [0, 0.05) is 48.8 Å². The molecule has 1 saturated heterocycles. The van der Waals surface area contributed by atoms with Crippen molar-refractivity contribution in [2.45, 2.75) is 32.0 Å². The number of carbonyl (C=O) groups is 1. The molecule has 4 rings (SSSR count). The molecule has 0 spiro atoms. The molecule has 1 aromatic carbocycles. The molecule has 3 N–H and O–H groups in total. The number of rotatable bonds is 5. The summed E-state index contributed by atoms with van der Waals surface area (Å²) in [6.07, 6.45) is 1.01. The Labute approximate surface area is 181 Å². The van der Waals surface area contributed by atoms with Gasteiger partial charge in [-0.15, -0.1) is 0 Å². The van der Waals surface area contributed by atoms with Gasteiger partial charge in [-0.2, -0.15) is 13.2 Å². The summed E-state index contributed by atoms with van der Waals surface area (Å²) < 4.78 is 38.7. The second-order valence-corrected chi connectivity index (χ2v) is 7.46. The van der Waals surface area contributed by atoms with Gasteiger partial charge in [-0.05, 0) is 42.7 Å². The van der Waals surface area contributed by atoms with Gasteiger partial charge in [0.05, 0.1) is 0 Å². The third-order valence-corrected chi connectivity index (χ3v) is 4.86. The van der Waals surface area contributed by atoms with E-state index < -0.39 is 11.9 Å². The van der Waals surface area contributed by atoms with Crippen LogP contribution in [0.3, 0.4) is 0 Å². The zero-order valence-electron chi connectivity index (χ0n) is 17.1. The van der Waals surface area contributed by atoms with Crippen LogP contribution in [-0.2, 0) is 11.0 Å². The molecular formula is C21H20F3N7O. The van der Waals surface area contributed by atoms with Crippen molar-refractivity contribution >= 4 is 23.5 Å². The highest BCUT2D eigenvalue weighted by atomic mass is 19.4. The van der Waals surface area contributed by atoms with E-state index in [1.807, 2.05) is 13.0 Å². The van der Waals surface area contributed by atoms with Crippen molar-refractivity contribution in [2.24, 2.45) is 0 Å². The van der Waals surface area contributed by atoms with E-state index in [1.165, 1.54) is 0 Å². The monoisotopic (exact) mass is 443 g/mol. The molecule has 2 aromatic heterocycles. The number of anilines is 3. The molecule has 0 bridgehead atoms. The van der Waals surface area contributed by atoms with Gasteiger partial charge in [-0.1, -0.05) is 6.07 Å². The Balaban J connectivity index is 1.49. The first-order chi connectivity index (χ1) is 15.3. The van der Waals surface area contributed by atoms with Crippen LogP contribution < -0.4 is 16.0 Å². The van der Waals surface area contributed by atoms with Crippen molar-refractivity contribution in [2.75, 3.05) is 17.2 Å². The molecule has 0 aliphatic carbocycles. The molecule has 8 nitrogen and oxygen atoms in total. The summed E-state index contributed by atoms with van der Waals surface area (Å²) >= 11 is 0. The zero-order chi connectivity index (χ0) is 22.7. The fraction of sp³-hybridized carbons (Fsp3) is 0.286. The van der Waals surface area contributed by atoms with Gasteiger partial charge in [0.1, 0.15) is 5.69 Å². The van der Waals surface area contributed by atoms with Crippen molar-refractivity contribution in [3.8, 4) is 11.1 Å². The van der Waals surface area contributed by atoms with Crippen molar-refractivity contribution < 1.29 is 18.0 Å². The third kappa shape index (κ3) is 5.29. The molecule has 11 heteroatoms. The third-order valence-electron chi connectivity index (χ3n) is 4.86. The first-order valence-corrected chi connectivity index (χ1v) is 9.91. The van der Waals surface area contributed by atoms with Gasteiger partial charge in [0.15, 0.2) is 0 Å². The molecule has 32 heavy (non-hydrogen) atoms. The maximum atomic E-state index is 12.9. The molecule has 1 aliphatic heterocycles. The highest BCUT2D eigenvalue weighted by molar-refractivity contribution is 5.77. The minimum atomic E-state index is -4.55. The fourth-order valence-corrected chi connectivity index (χ4v) is 3.32. The van der Waals surface area contributed by atoms with Gasteiger partial charge >= 0.3 is 6.18 Å². The molecule has 1 aliphatic rings. The number of halogens is 3. The van der Waals surface area contributed by atoms with Gasteiger partial charge in [0.2, 0.25) is 17.8 Å². The van der Waals surface area contributed by atoms with Crippen molar-refractivity contribution in [3.05, 3.63) is 54.1 Å². The smallest absolute Gasteiger partial charge is 0.354 e. The lowest BCUT2D eigenvalue weighted by molar-refractivity contribution is -0.141. The lowest BCUT2D eigenvalue weighted by atomic mass is 10.1. The average molecular weight is 443 g/mol. The fourth-order valence-electron chi connectivity index (χ4n) is 3.32. The Morgan fingerprint density at radius 2 is 1.84 bits per heavy atom. The second-order valence-electron chi connectivity index (χ2n) is 7.46. The van der Waals surface area contributed by atoms with E-state index in [1.54, 1.807) is 24.5 Å². The van der Waals surface area contributed by atoms with Gasteiger partial charge in [-0.25, -0.2) is 19.9 Å². The van der Waals surface area contributed by atoms with E-state index in [2.05, 4.69) is 35.9 Å². The molecule has 0 saturated carbocycles. The number of nitrogens with zero attached hydrogens (tertiary/aromatic N) is 4. The van der Waals surface area contributed by atoms with Gasteiger partial charge in [0.25, 0.3) is 0 Å². The average Bonchev–Trinajstić information content (AvgIpc) is 2.75. The quantitative estimate of drug-likeness (QED) is 0.552. The van der Waals surface area contributed by atoms with E-state index in [-0.39, 0.29) is 17.9 Å². The maximum Gasteiger partial charge on any atom is 0.433 e. The van der Waals surface area contributed by atoms with Crippen molar-refractivity contribution in [3.63, 3.8) is 0 Å². The molecule has 0 unspecified atom stereocenters. The van der Waals surface area contributed by atoms with Crippen LogP contribution in [0.5, 0.6) is 0 Å². The maximum absolute atomic E-state index is 12.9. The summed E-state index contributed by atoms with van der Waals surface area (Å²) in [5, 5.41) is 8.82. The number of hydrogen-bond acceptors (Lipinski definition) is 7. The van der Waals surface area contributed by atoms with Crippen LogP contribution >= 0.6 is 0 Å². The number of aryl methyl sites for hydroxylation is 1. The van der Waals surface area contributed by atoms with Crippen LogP contribution in [0.4, 0.5) is 30.8 Å². The highest BCUT2D eigenvalue weighted by Crippen LogP contribution is 2.29. The topological polar surface area (TPSA) is 105 Å². The van der Waals surface area contributed by atoms with Gasteiger partial charge < -0.3 is 16.0 Å². The van der Waals surface area contributed by atoms with Crippen LogP contribution in [0.2, 0.25) is 0 Å². The number of alkyl halides is 3. The highest BCUT2D eigenvalue weighted by Gasteiger charge is 2.32.